The van der Waals surface area contributed by atoms with Gasteiger partial charge in [-0.15, -0.1) is 0 Å². The van der Waals surface area contributed by atoms with E-state index in [1.807, 2.05) is 36.5 Å². The molecule has 0 saturated carbocycles. The first-order chi connectivity index (χ1) is 11.1. The molecule has 0 atom stereocenters. The molecule has 0 fully saturated rings. The summed E-state index contributed by atoms with van der Waals surface area (Å²) >= 11 is 0. The van der Waals surface area contributed by atoms with Crippen LogP contribution in [0.1, 0.15) is 25.5 Å². The van der Waals surface area contributed by atoms with Gasteiger partial charge in [0.15, 0.2) is 0 Å². The van der Waals surface area contributed by atoms with Crippen LogP contribution < -0.4 is 9.47 Å². The highest BCUT2D eigenvalue weighted by Crippen LogP contribution is 2.27. The molecule has 0 radical (unpaired) electrons. The van der Waals surface area contributed by atoms with E-state index >= 15 is 0 Å². The molecule has 23 heavy (non-hydrogen) atoms. The van der Waals surface area contributed by atoms with E-state index in [9.17, 15) is 4.39 Å². The summed E-state index contributed by atoms with van der Waals surface area (Å²) in [4.78, 5) is 0. The maximum Gasteiger partial charge on any atom is 0.125 e. The molecule has 3 nitrogen and oxygen atoms in total. The summed E-state index contributed by atoms with van der Waals surface area (Å²) in [7, 11) is 1.63. The van der Waals surface area contributed by atoms with Gasteiger partial charge >= 0.3 is 0 Å². The van der Waals surface area contributed by atoms with E-state index in [1.165, 1.54) is 6.07 Å². The number of ether oxygens (including phenoxy) is 2. The molecule has 0 N–H and O–H groups in total. The van der Waals surface area contributed by atoms with Crippen LogP contribution in [0.15, 0.2) is 48.7 Å². The molecule has 0 saturated heterocycles. The standard InChI is InChI=1S/C19H20FNO2/c1-13(2)21-11-14(18-9-4-15(20)10-19(18)21)12-23-17-7-5-16(22-3)6-8-17/h4-11,13H,12H2,1-3H3. The number of rotatable bonds is 5. The van der Waals surface area contributed by atoms with Crippen molar-refractivity contribution in [1.82, 2.24) is 4.57 Å². The predicted molar refractivity (Wildman–Crippen MR) is 89.6 cm³/mol. The summed E-state index contributed by atoms with van der Waals surface area (Å²) < 4.78 is 26.6. The van der Waals surface area contributed by atoms with Gasteiger partial charge in [-0.1, -0.05) is 0 Å². The molecule has 0 bridgehead atoms. The number of methoxy groups -OCH3 is 1. The lowest BCUT2D eigenvalue weighted by molar-refractivity contribution is 0.306. The minimum absolute atomic E-state index is 0.222. The normalized spacial score (nSPS) is 11.2. The molecule has 3 aromatic rings. The van der Waals surface area contributed by atoms with Gasteiger partial charge in [-0.2, -0.15) is 0 Å². The SMILES string of the molecule is COc1ccc(OCc2cn(C(C)C)c3cc(F)ccc23)cc1. The van der Waals surface area contributed by atoms with E-state index in [-0.39, 0.29) is 11.9 Å². The molecule has 0 aliphatic rings. The van der Waals surface area contributed by atoms with Gasteiger partial charge in [-0.3, -0.25) is 0 Å². The Balaban J connectivity index is 1.87. The Morgan fingerprint density at radius 2 is 1.74 bits per heavy atom. The van der Waals surface area contributed by atoms with Crippen molar-refractivity contribution in [2.75, 3.05) is 7.11 Å². The predicted octanol–water partition coefficient (Wildman–Crippen LogP) is 4.95. The average molecular weight is 313 g/mol. The summed E-state index contributed by atoms with van der Waals surface area (Å²) in [6, 6.07) is 12.6. The van der Waals surface area contributed by atoms with Crippen molar-refractivity contribution in [3.63, 3.8) is 0 Å². The summed E-state index contributed by atoms with van der Waals surface area (Å²) in [5.41, 5.74) is 1.94. The van der Waals surface area contributed by atoms with Crippen LogP contribution in [0.4, 0.5) is 4.39 Å². The third kappa shape index (κ3) is 3.16. The first-order valence-corrected chi connectivity index (χ1v) is 7.64. The zero-order valence-electron chi connectivity index (χ0n) is 13.5. The van der Waals surface area contributed by atoms with Crippen molar-refractivity contribution >= 4 is 10.9 Å². The smallest absolute Gasteiger partial charge is 0.125 e. The van der Waals surface area contributed by atoms with Crippen molar-refractivity contribution in [2.45, 2.75) is 26.5 Å². The van der Waals surface area contributed by atoms with E-state index in [4.69, 9.17) is 9.47 Å². The Morgan fingerprint density at radius 1 is 1.04 bits per heavy atom. The van der Waals surface area contributed by atoms with Crippen molar-refractivity contribution in [3.8, 4) is 11.5 Å². The van der Waals surface area contributed by atoms with Gasteiger partial charge in [0.25, 0.3) is 0 Å². The van der Waals surface area contributed by atoms with Crippen molar-refractivity contribution in [1.29, 1.82) is 0 Å². The number of benzene rings is 2. The second kappa shape index (κ2) is 6.32. The van der Waals surface area contributed by atoms with E-state index in [2.05, 4.69) is 18.4 Å². The topological polar surface area (TPSA) is 23.4 Å². The third-order valence-electron chi connectivity index (χ3n) is 3.89. The van der Waals surface area contributed by atoms with Crippen molar-refractivity contribution < 1.29 is 13.9 Å². The van der Waals surface area contributed by atoms with E-state index < -0.39 is 0 Å². The molecular weight excluding hydrogens is 293 g/mol. The molecule has 2 aromatic carbocycles. The Morgan fingerprint density at radius 3 is 2.39 bits per heavy atom. The number of hydrogen-bond donors (Lipinski definition) is 0. The molecule has 120 valence electrons. The summed E-state index contributed by atoms with van der Waals surface area (Å²) in [6.07, 6.45) is 2.04. The van der Waals surface area contributed by atoms with Gasteiger partial charge in [-0.05, 0) is 56.3 Å². The average Bonchev–Trinajstić information content (AvgIpc) is 2.91. The maximum atomic E-state index is 13.6. The molecule has 0 amide bonds. The maximum absolute atomic E-state index is 13.6. The zero-order valence-corrected chi connectivity index (χ0v) is 13.5. The lowest BCUT2D eigenvalue weighted by atomic mass is 10.2. The third-order valence-corrected chi connectivity index (χ3v) is 3.89. The van der Waals surface area contributed by atoms with Gasteiger partial charge in [0.1, 0.15) is 23.9 Å². The minimum atomic E-state index is -0.222. The molecule has 3 rings (SSSR count). The van der Waals surface area contributed by atoms with E-state index in [0.29, 0.717) is 6.61 Å². The van der Waals surface area contributed by atoms with Crippen LogP contribution in [0.25, 0.3) is 10.9 Å². The van der Waals surface area contributed by atoms with E-state index in [1.54, 1.807) is 13.2 Å². The van der Waals surface area contributed by atoms with Crippen molar-refractivity contribution in [2.24, 2.45) is 0 Å². The van der Waals surface area contributed by atoms with Gasteiger partial charge in [-0.25, -0.2) is 4.39 Å². The van der Waals surface area contributed by atoms with Gasteiger partial charge in [0, 0.05) is 23.2 Å². The Bertz CT molecular complexity index is 806. The monoisotopic (exact) mass is 313 g/mol. The lowest BCUT2D eigenvalue weighted by Crippen LogP contribution is -1.98. The molecule has 0 unspecified atom stereocenters. The minimum Gasteiger partial charge on any atom is -0.497 e. The van der Waals surface area contributed by atoms with Crippen LogP contribution >= 0.6 is 0 Å². The molecular formula is C19H20FNO2. The summed E-state index contributed by atoms with van der Waals surface area (Å²) in [5, 5.41) is 1.02. The number of halogens is 1. The van der Waals surface area contributed by atoms with Gasteiger partial charge < -0.3 is 14.0 Å². The lowest BCUT2D eigenvalue weighted by Gasteiger charge is -2.08. The summed E-state index contributed by atoms with van der Waals surface area (Å²) in [6.45, 7) is 4.60. The highest BCUT2D eigenvalue weighted by molar-refractivity contribution is 5.84. The first-order valence-electron chi connectivity index (χ1n) is 7.64. The number of fused-ring (bicyclic) bond motifs is 1. The fourth-order valence-corrected chi connectivity index (χ4v) is 2.67. The van der Waals surface area contributed by atoms with Gasteiger partial charge in [0.2, 0.25) is 0 Å². The molecule has 4 heteroatoms. The summed E-state index contributed by atoms with van der Waals surface area (Å²) in [5.74, 6) is 1.35. The van der Waals surface area contributed by atoms with Crippen LogP contribution in [0, 0.1) is 5.82 Å². The van der Waals surface area contributed by atoms with Gasteiger partial charge in [0.05, 0.1) is 12.6 Å². The Hall–Kier alpha value is -2.49. The van der Waals surface area contributed by atoms with Crippen LogP contribution in [-0.2, 0) is 6.61 Å². The highest BCUT2D eigenvalue weighted by Gasteiger charge is 2.12. The molecule has 1 heterocycles. The quantitative estimate of drug-likeness (QED) is 0.665. The second-order valence-electron chi connectivity index (χ2n) is 5.78. The largest absolute Gasteiger partial charge is 0.497 e. The molecule has 0 aliphatic carbocycles. The highest BCUT2D eigenvalue weighted by atomic mass is 19.1. The van der Waals surface area contributed by atoms with E-state index in [0.717, 1.165) is 28.0 Å². The molecule has 1 aromatic heterocycles. The van der Waals surface area contributed by atoms with Crippen molar-refractivity contribution in [3.05, 3.63) is 60.0 Å². The van der Waals surface area contributed by atoms with Crippen LogP contribution in [0.5, 0.6) is 11.5 Å². The zero-order chi connectivity index (χ0) is 16.4. The number of hydrogen-bond acceptors (Lipinski definition) is 2. The Kier molecular flexibility index (Phi) is 4.24. The molecule has 0 spiro atoms. The number of aromatic nitrogens is 1. The van der Waals surface area contributed by atoms with Crippen LogP contribution in [-0.4, -0.2) is 11.7 Å². The number of nitrogens with zero attached hydrogens (tertiary/aromatic N) is 1. The molecule has 0 aliphatic heterocycles. The second-order valence-corrected chi connectivity index (χ2v) is 5.78. The van der Waals surface area contributed by atoms with Crippen LogP contribution in [0.2, 0.25) is 0 Å². The fourth-order valence-electron chi connectivity index (χ4n) is 2.67. The van der Waals surface area contributed by atoms with Crippen LogP contribution in [0.3, 0.4) is 0 Å². The first kappa shape index (κ1) is 15.4. The Labute approximate surface area is 135 Å². The fraction of sp³-hybridized carbons (Fsp3) is 0.263.